The lowest BCUT2D eigenvalue weighted by Gasteiger charge is -2.29. The van der Waals surface area contributed by atoms with Crippen molar-refractivity contribution in [1.29, 1.82) is 0 Å². The van der Waals surface area contributed by atoms with Gasteiger partial charge in [0.25, 0.3) is 0 Å². The largest absolute Gasteiger partial charge is 0.396 e. The number of aliphatic hydroxyl groups is 1. The van der Waals surface area contributed by atoms with Gasteiger partial charge in [-0.2, -0.15) is 0 Å². The molecule has 0 bridgehead atoms. The van der Waals surface area contributed by atoms with Gasteiger partial charge in [-0.3, -0.25) is 0 Å². The topological polar surface area (TPSA) is 54.4 Å². The Morgan fingerprint density at radius 3 is 2.69 bits per heavy atom. The third kappa shape index (κ3) is 2.13. The molecule has 0 spiro atoms. The van der Waals surface area contributed by atoms with E-state index in [0.717, 1.165) is 17.5 Å². The molecule has 0 saturated heterocycles. The van der Waals surface area contributed by atoms with Crippen molar-refractivity contribution in [3.8, 4) is 0 Å². The van der Waals surface area contributed by atoms with Crippen molar-refractivity contribution in [1.82, 2.24) is 0 Å². The molecule has 3 nitrogen and oxygen atoms in total. The molecular formula is C12H16O3S. The van der Waals surface area contributed by atoms with Gasteiger partial charge in [0.1, 0.15) is 0 Å². The Morgan fingerprint density at radius 1 is 1.38 bits per heavy atom. The monoisotopic (exact) mass is 240 g/mol. The summed E-state index contributed by atoms with van der Waals surface area (Å²) in [5.74, 6) is 0.0645. The molecule has 1 aliphatic carbocycles. The highest BCUT2D eigenvalue weighted by molar-refractivity contribution is 7.90. The highest BCUT2D eigenvalue weighted by Gasteiger charge is 2.32. The summed E-state index contributed by atoms with van der Waals surface area (Å²) in [5.41, 5.74) is 1.97. The molecule has 1 aliphatic rings. The number of hydrogen-bond acceptors (Lipinski definition) is 3. The van der Waals surface area contributed by atoms with Gasteiger partial charge < -0.3 is 5.11 Å². The van der Waals surface area contributed by atoms with Crippen LogP contribution in [0.15, 0.2) is 24.3 Å². The number of rotatable bonds is 2. The average molecular weight is 240 g/mol. The van der Waals surface area contributed by atoms with Gasteiger partial charge in [-0.05, 0) is 29.9 Å². The maximum Gasteiger partial charge on any atom is 0.154 e. The van der Waals surface area contributed by atoms with Crippen LogP contribution in [0.5, 0.6) is 0 Å². The first-order chi connectivity index (χ1) is 7.52. The SMILES string of the molecule is CS(=O)(=O)C1C[C@H](CO)Cc2ccccc21. The molecule has 0 radical (unpaired) electrons. The molecule has 0 aromatic heterocycles. The first-order valence-corrected chi connectivity index (χ1v) is 7.35. The zero-order chi connectivity index (χ0) is 11.8. The molecule has 0 aliphatic heterocycles. The fraction of sp³-hybridized carbons (Fsp3) is 0.500. The second-order valence-corrected chi connectivity index (χ2v) is 6.73. The van der Waals surface area contributed by atoms with E-state index >= 15 is 0 Å². The van der Waals surface area contributed by atoms with Crippen molar-refractivity contribution >= 4 is 9.84 Å². The number of fused-ring (bicyclic) bond motifs is 1. The highest BCUT2D eigenvalue weighted by atomic mass is 32.2. The van der Waals surface area contributed by atoms with Crippen molar-refractivity contribution < 1.29 is 13.5 Å². The molecule has 2 atom stereocenters. The number of benzene rings is 1. The third-order valence-electron chi connectivity index (χ3n) is 3.23. The van der Waals surface area contributed by atoms with Gasteiger partial charge in [-0.25, -0.2) is 8.42 Å². The zero-order valence-corrected chi connectivity index (χ0v) is 10.1. The normalized spacial score (nSPS) is 25.1. The van der Waals surface area contributed by atoms with Gasteiger partial charge in [0, 0.05) is 12.9 Å². The fourth-order valence-corrected chi connectivity index (χ4v) is 3.72. The summed E-state index contributed by atoms with van der Waals surface area (Å²) in [6.07, 6.45) is 2.58. The Hall–Kier alpha value is -0.870. The maximum atomic E-state index is 11.7. The lowest BCUT2D eigenvalue weighted by molar-refractivity contribution is 0.211. The second-order valence-electron chi connectivity index (χ2n) is 4.51. The van der Waals surface area contributed by atoms with Crippen molar-refractivity contribution in [2.24, 2.45) is 5.92 Å². The molecule has 0 amide bonds. The van der Waals surface area contributed by atoms with Gasteiger partial charge >= 0.3 is 0 Å². The first-order valence-electron chi connectivity index (χ1n) is 5.40. The molecule has 0 fully saturated rings. The Labute approximate surface area is 96.0 Å². The summed E-state index contributed by atoms with van der Waals surface area (Å²) >= 11 is 0. The van der Waals surface area contributed by atoms with E-state index < -0.39 is 15.1 Å². The van der Waals surface area contributed by atoms with E-state index in [2.05, 4.69) is 0 Å². The van der Waals surface area contributed by atoms with Crippen molar-refractivity contribution in [2.75, 3.05) is 12.9 Å². The Kier molecular flexibility index (Phi) is 3.04. The van der Waals surface area contributed by atoms with Crippen LogP contribution in [0.25, 0.3) is 0 Å². The Morgan fingerprint density at radius 2 is 2.06 bits per heavy atom. The standard InChI is InChI=1S/C12H16O3S/c1-16(14,15)12-7-9(8-13)6-10-4-2-3-5-11(10)12/h2-5,9,12-13H,6-8H2,1H3/t9-,12?/m1/s1. The summed E-state index contributed by atoms with van der Waals surface area (Å²) in [5, 5.41) is 8.76. The molecule has 88 valence electrons. The van der Waals surface area contributed by atoms with Crippen molar-refractivity contribution in [3.63, 3.8) is 0 Å². The lowest BCUT2D eigenvalue weighted by Crippen LogP contribution is -2.25. The predicted molar refractivity (Wildman–Crippen MR) is 62.9 cm³/mol. The molecule has 0 heterocycles. The summed E-state index contributed by atoms with van der Waals surface area (Å²) in [4.78, 5) is 0. The van der Waals surface area contributed by atoms with E-state index in [1.165, 1.54) is 6.26 Å². The quantitative estimate of drug-likeness (QED) is 0.848. The van der Waals surface area contributed by atoms with Gasteiger partial charge in [0.05, 0.1) is 5.25 Å². The molecule has 1 unspecified atom stereocenters. The molecule has 1 aromatic carbocycles. The average Bonchev–Trinajstić information content (AvgIpc) is 2.26. The van der Waals surface area contributed by atoms with Gasteiger partial charge in [-0.15, -0.1) is 0 Å². The van der Waals surface area contributed by atoms with Crippen LogP contribution in [0.2, 0.25) is 0 Å². The van der Waals surface area contributed by atoms with Crippen LogP contribution in [-0.2, 0) is 16.3 Å². The first kappa shape index (κ1) is 11.6. The van der Waals surface area contributed by atoms with Crippen LogP contribution in [-0.4, -0.2) is 26.4 Å². The van der Waals surface area contributed by atoms with E-state index in [1.54, 1.807) is 0 Å². The summed E-state index contributed by atoms with van der Waals surface area (Å²) < 4.78 is 23.5. The highest BCUT2D eigenvalue weighted by Crippen LogP contribution is 2.37. The minimum Gasteiger partial charge on any atom is -0.396 e. The summed E-state index contributed by atoms with van der Waals surface area (Å²) in [6.45, 7) is 0.0559. The predicted octanol–water partition coefficient (Wildman–Crippen LogP) is 1.33. The lowest BCUT2D eigenvalue weighted by atomic mass is 9.84. The molecular weight excluding hydrogens is 224 g/mol. The molecule has 16 heavy (non-hydrogen) atoms. The van der Waals surface area contributed by atoms with E-state index in [4.69, 9.17) is 0 Å². The molecule has 1 aromatic rings. The summed E-state index contributed by atoms with van der Waals surface area (Å²) in [7, 11) is -3.09. The Bertz CT molecular complexity index is 479. The minimum absolute atomic E-state index is 0.0559. The van der Waals surface area contributed by atoms with Crippen LogP contribution in [0.3, 0.4) is 0 Å². The molecule has 0 saturated carbocycles. The van der Waals surface area contributed by atoms with E-state index in [0.29, 0.717) is 6.42 Å². The van der Waals surface area contributed by atoms with E-state index in [1.807, 2.05) is 24.3 Å². The van der Waals surface area contributed by atoms with Crippen molar-refractivity contribution in [2.45, 2.75) is 18.1 Å². The Balaban J connectivity index is 2.47. The smallest absolute Gasteiger partial charge is 0.154 e. The van der Waals surface area contributed by atoms with Crippen LogP contribution in [0, 0.1) is 5.92 Å². The third-order valence-corrected chi connectivity index (χ3v) is 4.71. The number of hydrogen-bond donors (Lipinski definition) is 1. The van der Waals surface area contributed by atoms with Crippen LogP contribution >= 0.6 is 0 Å². The maximum absolute atomic E-state index is 11.7. The zero-order valence-electron chi connectivity index (χ0n) is 9.26. The summed E-state index contributed by atoms with van der Waals surface area (Å²) in [6, 6.07) is 7.62. The van der Waals surface area contributed by atoms with Gasteiger partial charge in [0.2, 0.25) is 0 Å². The molecule has 1 N–H and O–H groups in total. The number of aliphatic hydroxyl groups excluding tert-OH is 1. The van der Waals surface area contributed by atoms with Crippen LogP contribution in [0.1, 0.15) is 22.8 Å². The fourth-order valence-electron chi connectivity index (χ4n) is 2.40. The second kappa shape index (κ2) is 4.18. The van der Waals surface area contributed by atoms with E-state index in [-0.39, 0.29) is 12.5 Å². The van der Waals surface area contributed by atoms with Crippen LogP contribution in [0.4, 0.5) is 0 Å². The van der Waals surface area contributed by atoms with Crippen LogP contribution < -0.4 is 0 Å². The van der Waals surface area contributed by atoms with Gasteiger partial charge in [0.15, 0.2) is 9.84 Å². The van der Waals surface area contributed by atoms with Crippen molar-refractivity contribution in [3.05, 3.63) is 35.4 Å². The van der Waals surface area contributed by atoms with Gasteiger partial charge in [-0.1, -0.05) is 24.3 Å². The minimum atomic E-state index is -3.09. The molecule has 4 heteroatoms. The number of sulfone groups is 1. The molecule has 2 rings (SSSR count). The van der Waals surface area contributed by atoms with E-state index in [9.17, 15) is 13.5 Å².